The van der Waals surface area contributed by atoms with Crippen LogP contribution in [0.4, 0.5) is 5.69 Å². The molecule has 7 heteroatoms. The number of hydrogen-bond acceptors (Lipinski definition) is 4. The summed E-state index contributed by atoms with van der Waals surface area (Å²) < 4.78 is 7.71. The average Bonchev–Trinajstić information content (AvgIpc) is 3.49. The van der Waals surface area contributed by atoms with Gasteiger partial charge in [-0.1, -0.05) is 24.3 Å². The summed E-state index contributed by atoms with van der Waals surface area (Å²) in [6.45, 7) is 6.86. The first kappa shape index (κ1) is 20.8. The van der Waals surface area contributed by atoms with E-state index < -0.39 is 0 Å². The van der Waals surface area contributed by atoms with Gasteiger partial charge >= 0.3 is 0 Å². The fourth-order valence-electron chi connectivity index (χ4n) is 4.05. The second-order valence-corrected chi connectivity index (χ2v) is 8.90. The number of nitrogens with one attached hydrogen (secondary N) is 2. The summed E-state index contributed by atoms with van der Waals surface area (Å²) in [5, 5.41) is 9.84. The number of para-hydroxylation sites is 1. The van der Waals surface area contributed by atoms with Crippen molar-refractivity contribution in [2.75, 3.05) is 25.0 Å². The molecule has 6 nitrogen and oxygen atoms in total. The molecule has 2 aromatic heterocycles. The van der Waals surface area contributed by atoms with Gasteiger partial charge in [-0.25, -0.2) is 4.68 Å². The number of benzene rings is 1. The molecule has 4 rings (SSSR count). The molecule has 1 amide bonds. The molecular weight excluding hydrogens is 396 g/mol. The first-order valence-corrected chi connectivity index (χ1v) is 11.4. The Morgan fingerprint density at radius 1 is 1.27 bits per heavy atom. The van der Waals surface area contributed by atoms with Crippen LogP contribution in [0.25, 0.3) is 5.69 Å². The molecule has 0 saturated carbocycles. The van der Waals surface area contributed by atoms with Gasteiger partial charge in [0, 0.05) is 6.61 Å². The van der Waals surface area contributed by atoms with Crippen molar-refractivity contribution in [3.63, 3.8) is 0 Å². The molecule has 0 bridgehead atoms. The Morgan fingerprint density at radius 3 is 2.80 bits per heavy atom. The van der Waals surface area contributed by atoms with E-state index in [9.17, 15) is 4.79 Å². The summed E-state index contributed by atoms with van der Waals surface area (Å²) in [4.78, 5) is 15.5. The van der Waals surface area contributed by atoms with Crippen molar-refractivity contribution in [1.29, 1.82) is 0 Å². The van der Waals surface area contributed by atoms with Gasteiger partial charge in [-0.05, 0) is 50.3 Å². The highest BCUT2D eigenvalue weighted by Crippen LogP contribution is 2.22. The third kappa shape index (κ3) is 4.98. The zero-order valence-corrected chi connectivity index (χ0v) is 18.4. The molecule has 1 unspecified atom stereocenters. The Bertz CT molecular complexity index is 963. The standard InChI is InChI=1S/C23H28N4O2S/c1-17-23(18(2)27(25-17)19-8-4-3-5-9-19)24-22(28)16-26(14-20-10-6-12-29-20)15-21-11-7-13-30-21/h3-5,7-9,11,13,20H,6,10,12,14-16H2,1-2H3,(H,24,28)/p+1/t20-/m0/s1. The van der Waals surface area contributed by atoms with E-state index in [2.05, 4.69) is 27.9 Å². The predicted molar refractivity (Wildman–Crippen MR) is 119 cm³/mol. The SMILES string of the molecule is Cc1nn(-c2ccccc2)c(C)c1NC(=O)C[NH+](Cc1cccs1)C[C@@H]1CCCO1. The quantitative estimate of drug-likeness (QED) is 0.583. The maximum Gasteiger partial charge on any atom is 0.279 e. The summed E-state index contributed by atoms with van der Waals surface area (Å²) in [7, 11) is 0. The molecule has 2 N–H and O–H groups in total. The minimum Gasteiger partial charge on any atom is -0.372 e. The Balaban J connectivity index is 1.45. The van der Waals surface area contributed by atoms with Crippen LogP contribution in [0.5, 0.6) is 0 Å². The summed E-state index contributed by atoms with van der Waals surface area (Å²) >= 11 is 1.74. The third-order valence-electron chi connectivity index (χ3n) is 5.51. The number of ether oxygens (including phenoxy) is 1. The second-order valence-electron chi connectivity index (χ2n) is 7.86. The van der Waals surface area contributed by atoms with E-state index in [0.29, 0.717) is 6.54 Å². The maximum atomic E-state index is 13.0. The number of hydrogen-bond donors (Lipinski definition) is 2. The molecule has 1 aliphatic heterocycles. The van der Waals surface area contributed by atoms with Gasteiger partial charge in [0.2, 0.25) is 0 Å². The van der Waals surface area contributed by atoms with Crippen LogP contribution in [0.3, 0.4) is 0 Å². The van der Waals surface area contributed by atoms with E-state index in [-0.39, 0.29) is 12.0 Å². The van der Waals surface area contributed by atoms with Crippen LogP contribution in [-0.2, 0) is 16.1 Å². The molecule has 3 heterocycles. The third-order valence-corrected chi connectivity index (χ3v) is 6.39. The molecule has 0 aliphatic carbocycles. The Labute approximate surface area is 181 Å². The topological polar surface area (TPSA) is 60.6 Å². The summed E-state index contributed by atoms with van der Waals surface area (Å²) in [6, 6.07) is 14.2. The number of carbonyl (C=O) groups excluding carboxylic acids is 1. The van der Waals surface area contributed by atoms with Gasteiger partial charge in [0.15, 0.2) is 6.54 Å². The lowest BCUT2D eigenvalue weighted by molar-refractivity contribution is -0.908. The first-order chi connectivity index (χ1) is 14.6. The van der Waals surface area contributed by atoms with Crippen LogP contribution >= 0.6 is 11.3 Å². The van der Waals surface area contributed by atoms with E-state index >= 15 is 0 Å². The van der Waals surface area contributed by atoms with Crippen molar-refractivity contribution in [2.45, 2.75) is 39.3 Å². The van der Waals surface area contributed by atoms with Crippen molar-refractivity contribution in [2.24, 2.45) is 0 Å². The Hall–Kier alpha value is -2.48. The molecular formula is C23H29N4O2S+. The second kappa shape index (κ2) is 9.55. The summed E-state index contributed by atoms with van der Waals surface area (Å²) in [5.74, 6) is 0.0124. The number of anilines is 1. The van der Waals surface area contributed by atoms with Crippen LogP contribution in [0, 0.1) is 13.8 Å². The highest BCUT2D eigenvalue weighted by atomic mass is 32.1. The number of aryl methyl sites for hydroxylation is 1. The average molecular weight is 426 g/mol. The van der Waals surface area contributed by atoms with Crippen molar-refractivity contribution in [1.82, 2.24) is 9.78 Å². The number of amides is 1. The first-order valence-electron chi connectivity index (χ1n) is 10.5. The van der Waals surface area contributed by atoms with E-state index in [0.717, 1.165) is 55.3 Å². The number of nitrogens with zero attached hydrogens (tertiary/aromatic N) is 2. The van der Waals surface area contributed by atoms with Crippen molar-refractivity contribution in [3.8, 4) is 5.69 Å². The molecule has 1 aromatic carbocycles. The largest absolute Gasteiger partial charge is 0.372 e. The van der Waals surface area contributed by atoms with Gasteiger partial charge in [-0.15, -0.1) is 11.3 Å². The molecule has 1 fully saturated rings. The van der Waals surface area contributed by atoms with Crippen LogP contribution in [0.15, 0.2) is 47.8 Å². The smallest absolute Gasteiger partial charge is 0.279 e. The van der Waals surface area contributed by atoms with E-state index in [1.807, 2.05) is 48.9 Å². The maximum absolute atomic E-state index is 13.0. The fraction of sp³-hybridized carbons (Fsp3) is 0.391. The van der Waals surface area contributed by atoms with Gasteiger partial charge in [0.1, 0.15) is 19.2 Å². The number of quaternary nitrogens is 1. The molecule has 158 valence electrons. The van der Waals surface area contributed by atoms with Gasteiger partial charge < -0.3 is 15.0 Å². The number of thiophene rings is 1. The van der Waals surface area contributed by atoms with Crippen molar-refractivity contribution >= 4 is 22.9 Å². The highest BCUT2D eigenvalue weighted by molar-refractivity contribution is 7.09. The lowest BCUT2D eigenvalue weighted by atomic mass is 10.2. The fourth-order valence-corrected chi connectivity index (χ4v) is 4.83. The normalized spacial score (nSPS) is 17.2. The molecule has 3 aromatic rings. The molecule has 0 spiro atoms. The van der Waals surface area contributed by atoms with E-state index in [1.54, 1.807) is 11.3 Å². The van der Waals surface area contributed by atoms with Crippen LogP contribution in [-0.4, -0.2) is 41.5 Å². The van der Waals surface area contributed by atoms with Crippen LogP contribution in [0.2, 0.25) is 0 Å². The number of rotatable bonds is 8. The minimum absolute atomic E-state index is 0.0124. The minimum atomic E-state index is 0.0124. The van der Waals surface area contributed by atoms with Gasteiger partial charge in [-0.3, -0.25) is 4.79 Å². The van der Waals surface area contributed by atoms with Crippen LogP contribution < -0.4 is 10.2 Å². The molecule has 2 atom stereocenters. The summed E-state index contributed by atoms with van der Waals surface area (Å²) in [6.07, 6.45) is 2.44. The van der Waals surface area contributed by atoms with Gasteiger partial charge in [0.05, 0.1) is 27.6 Å². The van der Waals surface area contributed by atoms with E-state index in [4.69, 9.17) is 4.74 Å². The van der Waals surface area contributed by atoms with Crippen molar-refractivity contribution in [3.05, 3.63) is 64.1 Å². The lowest BCUT2D eigenvalue weighted by Gasteiger charge is -2.21. The molecule has 1 aliphatic rings. The number of aromatic nitrogens is 2. The van der Waals surface area contributed by atoms with Gasteiger partial charge in [0.25, 0.3) is 5.91 Å². The van der Waals surface area contributed by atoms with Crippen molar-refractivity contribution < 1.29 is 14.4 Å². The number of carbonyl (C=O) groups is 1. The highest BCUT2D eigenvalue weighted by Gasteiger charge is 2.25. The molecule has 1 saturated heterocycles. The van der Waals surface area contributed by atoms with Crippen LogP contribution in [0.1, 0.15) is 29.1 Å². The molecule has 30 heavy (non-hydrogen) atoms. The summed E-state index contributed by atoms with van der Waals surface area (Å²) in [5.41, 5.74) is 3.55. The van der Waals surface area contributed by atoms with E-state index in [1.165, 1.54) is 9.78 Å². The Kier molecular flexibility index (Phi) is 6.62. The zero-order chi connectivity index (χ0) is 20.9. The lowest BCUT2D eigenvalue weighted by Crippen LogP contribution is -3.12. The monoisotopic (exact) mass is 425 g/mol. The van der Waals surface area contributed by atoms with Gasteiger partial charge in [-0.2, -0.15) is 5.10 Å². The predicted octanol–water partition coefficient (Wildman–Crippen LogP) is 2.75. The Morgan fingerprint density at radius 2 is 2.10 bits per heavy atom. The molecule has 0 radical (unpaired) electrons. The zero-order valence-electron chi connectivity index (χ0n) is 17.6.